The van der Waals surface area contributed by atoms with Crippen molar-refractivity contribution in [3.05, 3.63) is 84.2 Å². The molecule has 0 saturated carbocycles. The quantitative estimate of drug-likeness (QED) is 0.268. The number of benzene rings is 3. The maximum Gasteiger partial charge on any atom is 0.123 e. The van der Waals surface area contributed by atoms with E-state index in [0.29, 0.717) is 5.92 Å². The van der Waals surface area contributed by atoms with Gasteiger partial charge >= 0.3 is 0 Å². The Morgan fingerprint density at radius 1 is 0.800 bits per heavy atom. The van der Waals surface area contributed by atoms with Gasteiger partial charge in [0.1, 0.15) is 5.82 Å². The van der Waals surface area contributed by atoms with Gasteiger partial charge in [0.25, 0.3) is 0 Å². The van der Waals surface area contributed by atoms with Gasteiger partial charge in [-0.2, -0.15) is 0 Å². The molecular weight excluding hydrogens is 383 g/mol. The van der Waals surface area contributed by atoms with Crippen molar-refractivity contribution in [2.75, 3.05) is 0 Å². The van der Waals surface area contributed by atoms with Gasteiger partial charge in [0.2, 0.25) is 0 Å². The van der Waals surface area contributed by atoms with Crippen molar-refractivity contribution in [1.29, 1.82) is 0 Å². The monoisotopic (exact) mass is 416 g/mol. The first-order valence-electron chi connectivity index (χ1n) is 11.7. The van der Waals surface area contributed by atoms with Gasteiger partial charge < -0.3 is 0 Å². The van der Waals surface area contributed by atoms with E-state index < -0.39 is 8.80 Å². The van der Waals surface area contributed by atoms with Crippen LogP contribution in [0.15, 0.2) is 72.8 Å². The molecule has 0 unspecified atom stereocenters. The lowest BCUT2D eigenvalue weighted by molar-refractivity contribution is 0.603. The maximum atomic E-state index is 13.5. The fourth-order valence-electron chi connectivity index (χ4n) is 5.02. The van der Waals surface area contributed by atoms with Crippen molar-refractivity contribution >= 4 is 8.80 Å². The number of unbranched alkanes of at least 4 members (excludes halogenated alkanes) is 2. The Hall–Kier alpha value is -2.19. The van der Waals surface area contributed by atoms with Crippen molar-refractivity contribution in [1.82, 2.24) is 0 Å². The highest BCUT2D eigenvalue weighted by Gasteiger charge is 2.23. The zero-order valence-corrected chi connectivity index (χ0v) is 19.3. The molecule has 4 rings (SSSR count). The van der Waals surface area contributed by atoms with Crippen LogP contribution in [0.5, 0.6) is 0 Å². The van der Waals surface area contributed by atoms with E-state index >= 15 is 0 Å². The lowest BCUT2D eigenvalue weighted by Gasteiger charge is -2.28. The summed E-state index contributed by atoms with van der Waals surface area (Å²) in [6.45, 7) is 2.30. The molecule has 0 aliphatic carbocycles. The molecular formula is C28H33FSi. The minimum atomic E-state index is -0.498. The fourth-order valence-corrected chi connectivity index (χ4v) is 8.50. The molecule has 1 aliphatic heterocycles. The predicted octanol–water partition coefficient (Wildman–Crippen LogP) is 8.45. The first-order chi connectivity index (χ1) is 14.7. The van der Waals surface area contributed by atoms with Crippen LogP contribution in [0.25, 0.3) is 22.3 Å². The van der Waals surface area contributed by atoms with Crippen molar-refractivity contribution < 1.29 is 4.39 Å². The minimum Gasteiger partial charge on any atom is -0.207 e. The predicted molar refractivity (Wildman–Crippen MR) is 130 cm³/mol. The first kappa shape index (κ1) is 21.1. The van der Waals surface area contributed by atoms with Gasteiger partial charge in [-0.1, -0.05) is 105 Å². The number of hydrogen-bond donors (Lipinski definition) is 0. The molecule has 0 radical (unpaired) electrons. The Morgan fingerprint density at radius 3 is 2.20 bits per heavy atom. The van der Waals surface area contributed by atoms with Gasteiger partial charge in [-0.25, -0.2) is 4.39 Å². The van der Waals surface area contributed by atoms with E-state index in [4.69, 9.17) is 0 Å². The average Bonchev–Trinajstić information content (AvgIpc) is 2.80. The second-order valence-electron chi connectivity index (χ2n) is 8.89. The number of hydrogen-bond acceptors (Lipinski definition) is 0. The van der Waals surface area contributed by atoms with E-state index in [1.807, 2.05) is 12.1 Å². The van der Waals surface area contributed by atoms with Gasteiger partial charge in [-0.3, -0.25) is 0 Å². The lowest BCUT2D eigenvalue weighted by Crippen LogP contribution is -2.20. The van der Waals surface area contributed by atoms with Crippen LogP contribution in [-0.4, -0.2) is 8.80 Å². The number of halogens is 1. The van der Waals surface area contributed by atoms with Crippen LogP contribution in [0.3, 0.4) is 0 Å². The molecule has 0 spiro atoms. The molecule has 1 saturated heterocycles. The fraction of sp³-hybridized carbons (Fsp3) is 0.357. The Kier molecular flexibility index (Phi) is 7.17. The van der Waals surface area contributed by atoms with Gasteiger partial charge in [0.15, 0.2) is 0 Å². The van der Waals surface area contributed by atoms with E-state index in [1.54, 1.807) is 18.2 Å². The molecule has 0 atom stereocenters. The average molecular weight is 417 g/mol. The Balaban J connectivity index is 1.58. The van der Waals surface area contributed by atoms with E-state index in [9.17, 15) is 4.39 Å². The Labute approximate surface area is 182 Å². The third kappa shape index (κ3) is 5.10. The SMILES string of the molecule is CCCCC[SiH]1CCC(c2ccc(-c3ccccc3)c(-c3ccc(F)cc3)c2)CC1. The van der Waals surface area contributed by atoms with E-state index in [-0.39, 0.29) is 5.82 Å². The Morgan fingerprint density at radius 2 is 1.50 bits per heavy atom. The van der Waals surface area contributed by atoms with Crippen molar-refractivity contribution in [3.63, 3.8) is 0 Å². The molecule has 156 valence electrons. The summed E-state index contributed by atoms with van der Waals surface area (Å²) in [5.74, 6) is 0.506. The van der Waals surface area contributed by atoms with Crippen LogP contribution < -0.4 is 0 Å². The maximum absolute atomic E-state index is 13.5. The summed E-state index contributed by atoms with van der Waals surface area (Å²) in [7, 11) is -0.498. The molecule has 0 bridgehead atoms. The molecule has 2 heteroatoms. The van der Waals surface area contributed by atoms with Crippen LogP contribution >= 0.6 is 0 Å². The third-order valence-corrected chi connectivity index (χ3v) is 10.3. The topological polar surface area (TPSA) is 0 Å². The van der Waals surface area contributed by atoms with Gasteiger partial charge in [0, 0.05) is 8.80 Å². The van der Waals surface area contributed by atoms with E-state index in [1.165, 1.54) is 66.4 Å². The molecule has 30 heavy (non-hydrogen) atoms. The molecule has 0 amide bonds. The first-order valence-corrected chi connectivity index (χ1v) is 14.1. The standard InChI is InChI=1S/C28H33FSi/c1-2-3-7-18-30-19-16-22(17-20-30)25-12-15-27(23-8-5-4-6-9-23)28(21-25)24-10-13-26(29)14-11-24/h4-6,8-15,21-22,30H,2-3,7,16-20H2,1H3. The summed E-state index contributed by atoms with van der Waals surface area (Å²) < 4.78 is 13.5. The number of rotatable bonds is 7. The second-order valence-corrected chi connectivity index (χ2v) is 12.4. The summed E-state index contributed by atoms with van der Waals surface area (Å²) in [5, 5.41) is 0. The third-order valence-electron chi connectivity index (χ3n) is 6.82. The second kappa shape index (κ2) is 10.2. The largest absolute Gasteiger partial charge is 0.207 e. The van der Waals surface area contributed by atoms with Crippen LogP contribution in [0.1, 0.15) is 50.5 Å². The van der Waals surface area contributed by atoms with Crippen LogP contribution in [0.4, 0.5) is 4.39 Å². The summed E-state index contributed by atoms with van der Waals surface area (Å²) in [6.07, 6.45) is 6.92. The molecule has 1 heterocycles. The molecule has 1 aliphatic rings. The minimum absolute atomic E-state index is 0.178. The molecule has 0 nitrogen and oxygen atoms in total. The van der Waals surface area contributed by atoms with Crippen LogP contribution in [0, 0.1) is 5.82 Å². The summed E-state index contributed by atoms with van der Waals surface area (Å²) in [5.41, 5.74) is 6.24. The molecule has 0 N–H and O–H groups in total. The highest BCUT2D eigenvalue weighted by Crippen LogP contribution is 2.39. The van der Waals surface area contributed by atoms with E-state index in [0.717, 1.165) is 5.56 Å². The molecule has 3 aromatic rings. The van der Waals surface area contributed by atoms with Crippen molar-refractivity contribution in [2.24, 2.45) is 0 Å². The van der Waals surface area contributed by atoms with Gasteiger partial charge in [-0.05, 0) is 58.7 Å². The van der Waals surface area contributed by atoms with Gasteiger partial charge in [-0.15, -0.1) is 0 Å². The van der Waals surface area contributed by atoms with Crippen LogP contribution in [-0.2, 0) is 0 Å². The highest BCUT2D eigenvalue weighted by atomic mass is 28.3. The zero-order chi connectivity index (χ0) is 20.8. The van der Waals surface area contributed by atoms with Crippen LogP contribution in [0.2, 0.25) is 18.1 Å². The summed E-state index contributed by atoms with van der Waals surface area (Å²) in [6, 6.07) is 29.1. The Bertz CT molecular complexity index is 925. The summed E-state index contributed by atoms with van der Waals surface area (Å²) >= 11 is 0. The smallest absolute Gasteiger partial charge is 0.123 e. The lowest BCUT2D eigenvalue weighted by atomic mass is 9.87. The van der Waals surface area contributed by atoms with Crippen molar-refractivity contribution in [3.8, 4) is 22.3 Å². The highest BCUT2D eigenvalue weighted by molar-refractivity contribution is 6.59. The zero-order valence-electron chi connectivity index (χ0n) is 18.1. The van der Waals surface area contributed by atoms with Gasteiger partial charge in [0.05, 0.1) is 0 Å². The van der Waals surface area contributed by atoms with E-state index in [2.05, 4.69) is 55.5 Å². The normalized spacial score (nSPS) is 19.0. The molecule has 0 aromatic heterocycles. The van der Waals surface area contributed by atoms with Crippen molar-refractivity contribution in [2.45, 2.75) is 63.1 Å². The summed E-state index contributed by atoms with van der Waals surface area (Å²) in [4.78, 5) is 0. The molecule has 3 aromatic carbocycles. The molecule has 1 fully saturated rings.